The number of carbonyl (C=O) groups is 3. The number of ketones is 1. The van der Waals surface area contributed by atoms with E-state index in [4.69, 9.17) is 4.74 Å². The third-order valence-corrected chi connectivity index (χ3v) is 5.14. The van der Waals surface area contributed by atoms with Gasteiger partial charge in [0.15, 0.2) is 5.78 Å². The number of hydrogen-bond donors (Lipinski definition) is 1. The summed E-state index contributed by atoms with van der Waals surface area (Å²) in [5.41, 5.74) is -0.791. The molecule has 6 heteroatoms. The Balaban J connectivity index is 1.72. The van der Waals surface area contributed by atoms with E-state index >= 15 is 0 Å². The Kier molecular flexibility index (Phi) is 3.97. The van der Waals surface area contributed by atoms with Crippen LogP contribution in [0.4, 0.5) is 4.79 Å². The third-order valence-electron chi connectivity index (χ3n) is 5.14. The van der Waals surface area contributed by atoms with E-state index in [1.54, 1.807) is 0 Å². The summed E-state index contributed by atoms with van der Waals surface area (Å²) in [6, 6.07) is -0.418. The number of imide groups is 1. The fourth-order valence-corrected chi connectivity index (χ4v) is 4.30. The van der Waals surface area contributed by atoms with Gasteiger partial charge in [0, 0.05) is 12.5 Å². The zero-order chi connectivity index (χ0) is 15.9. The Labute approximate surface area is 130 Å². The lowest BCUT2D eigenvalue weighted by molar-refractivity contribution is -0.137. The van der Waals surface area contributed by atoms with Crippen LogP contribution in [0.1, 0.15) is 39.5 Å². The lowest BCUT2D eigenvalue weighted by Crippen LogP contribution is -2.52. The van der Waals surface area contributed by atoms with Crippen molar-refractivity contribution in [3.63, 3.8) is 0 Å². The van der Waals surface area contributed by atoms with Crippen molar-refractivity contribution < 1.29 is 19.1 Å². The van der Waals surface area contributed by atoms with Crippen LogP contribution in [-0.2, 0) is 14.3 Å². The first-order valence-electron chi connectivity index (χ1n) is 8.16. The van der Waals surface area contributed by atoms with E-state index in [1.165, 1.54) is 0 Å². The molecule has 3 amide bonds. The first-order chi connectivity index (χ1) is 10.4. The van der Waals surface area contributed by atoms with Gasteiger partial charge >= 0.3 is 6.03 Å². The molecule has 3 fully saturated rings. The van der Waals surface area contributed by atoms with Crippen LogP contribution in [0.2, 0.25) is 0 Å². The van der Waals surface area contributed by atoms with Crippen molar-refractivity contribution in [2.45, 2.75) is 45.1 Å². The number of nitrogens with one attached hydrogen (secondary N) is 1. The van der Waals surface area contributed by atoms with Crippen LogP contribution < -0.4 is 5.32 Å². The number of ether oxygens (including phenoxy) is 1. The topological polar surface area (TPSA) is 75.7 Å². The second kappa shape index (κ2) is 5.65. The maximum Gasteiger partial charge on any atom is 0.325 e. The predicted molar refractivity (Wildman–Crippen MR) is 79.1 cm³/mol. The molecule has 2 aliphatic heterocycles. The largest absolute Gasteiger partial charge is 0.381 e. The van der Waals surface area contributed by atoms with Crippen molar-refractivity contribution in [2.24, 2.45) is 17.8 Å². The lowest BCUT2D eigenvalue weighted by atomic mass is 9.71. The van der Waals surface area contributed by atoms with Crippen molar-refractivity contribution in [2.75, 3.05) is 19.8 Å². The summed E-state index contributed by atoms with van der Waals surface area (Å²) >= 11 is 0. The highest BCUT2D eigenvalue weighted by atomic mass is 16.5. The number of nitrogens with zero attached hydrogens (tertiary/aromatic N) is 1. The Bertz CT molecular complexity index is 488. The van der Waals surface area contributed by atoms with Gasteiger partial charge in [0.25, 0.3) is 5.91 Å². The molecule has 3 unspecified atom stereocenters. The quantitative estimate of drug-likeness (QED) is 0.798. The van der Waals surface area contributed by atoms with Gasteiger partial charge < -0.3 is 10.1 Å². The van der Waals surface area contributed by atoms with Crippen molar-refractivity contribution in [3.8, 4) is 0 Å². The van der Waals surface area contributed by atoms with Crippen molar-refractivity contribution >= 4 is 17.7 Å². The average molecular weight is 308 g/mol. The number of hydrogen-bond acceptors (Lipinski definition) is 4. The molecule has 1 spiro atoms. The molecule has 6 nitrogen and oxygen atoms in total. The summed E-state index contributed by atoms with van der Waals surface area (Å²) in [7, 11) is 0. The molecule has 0 bridgehead atoms. The maximum atomic E-state index is 12.8. The minimum absolute atomic E-state index is 0.0741. The van der Waals surface area contributed by atoms with Crippen LogP contribution in [0.5, 0.6) is 0 Å². The number of carbonyl (C=O) groups excluding carboxylic acids is 3. The molecule has 1 aliphatic carbocycles. The van der Waals surface area contributed by atoms with Gasteiger partial charge in [-0.25, -0.2) is 4.79 Å². The monoisotopic (exact) mass is 308 g/mol. The standard InChI is InChI=1S/C16H24N2O4/c1-10-5-11(2)7-16(6-10)14(20)18(15(21)17-16)8-13(19)12-3-4-22-9-12/h10-12H,3-9H2,1-2H3,(H,17,21). The van der Waals surface area contributed by atoms with Gasteiger partial charge in [-0.3, -0.25) is 14.5 Å². The van der Waals surface area contributed by atoms with E-state index in [1.807, 2.05) is 0 Å². The minimum Gasteiger partial charge on any atom is -0.381 e. The average Bonchev–Trinajstić information content (AvgIpc) is 3.02. The first kappa shape index (κ1) is 15.5. The Morgan fingerprint density at radius 1 is 1.32 bits per heavy atom. The van der Waals surface area contributed by atoms with Crippen molar-refractivity contribution in [3.05, 3.63) is 0 Å². The highest BCUT2D eigenvalue weighted by Crippen LogP contribution is 2.39. The molecule has 22 heavy (non-hydrogen) atoms. The number of Topliss-reactive ketones (excluding diaryl/α,β-unsaturated/α-hetero) is 1. The first-order valence-corrected chi connectivity index (χ1v) is 8.16. The van der Waals surface area contributed by atoms with E-state index < -0.39 is 11.6 Å². The van der Waals surface area contributed by atoms with Gasteiger partial charge in [-0.05, 0) is 37.5 Å². The molecule has 1 saturated carbocycles. The molecular formula is C16H24N2O4. The normalized spacial score (nSPS) is 38.6. The van der Waals surface area contributed by atoms with E-state index in [9.17, 15) is 14.4 Å². The number of amides is 3. The molecule has 3 aliphatic rings. The summed E-state index contributed by atoms with van der Waals surface area (Å²) < 4.78 is 5.21. The second-order valence-electron chi connectivity index (χ2n) is 7.28. The predicted octanol–water partition coefficient (Wildman–Crippen LogP) is 1.34. The number of rotatable bonds is 3. The van der Waals surface area contributed by atoms with Crippen molar-refractivity contribution in [1.29, 1.82) is 0 Å². The number of urea groups is 1. The van der Waals surface area contributed by atoms with Crippen LogP contribution in [0.25, 0.3) is 0 Å². The molecule has 122 valence electrons. The van der Waals surface area contributed by atoms with Gasteiger partial charge in [0.2, 0.25) is 0 Å². The molecule has 0 aromatic rings. The summed E-state index contributed by atoms with van der Waals surface area (Å²) in [6.07, 6.45) is 3.09. The molecule has 2 heterocycles. The molecule has 3 rings (SSSR count). The highest BCUT2D eigenvalue weighted by Gasteiger charge is 2.54. The lowest BCUT2D eigenvalue weighted by Gasteiger charge is -2.37. The highest BCUT2D eigenvalue weighted by molar-refractivity contribution is 6.09. The van der Waals surface area contributed by atoms with Crippen LogP contribution in [0, 0.1) is 17.8 Å². The van der Waals surface area contributed by atoms with Crippen LogP contribution in [-0.4, -0.2) is 47.9 Å². The Morgan fingerprint density at radius 3 is 2.59 bits per heavy atom. The van der Waals surface area contributed by atoms with Gasteiger partial charge in [0.05, 0.1) is 13.2 Å². The summed E-state index contributed by atoms with van der Waals surface area (Å²) in [5.74, 6) is 0.318. The zero-order valence-corrected chi connectivity index (χ0v) is 13.3. The van der Waals surface area contributed by atoms with Crippen molar-refractivity contribution in [1.82, 2.24) is 10.2 Å². The third kappa shape index (κ3) is 2.64. The van der Waals surface area contributed by atoms with E-state index in [2.05, 4.69) is 19.2 Å². The van der Waals surface area contributed by atoms with Crippen LogP contribution in [0.15, 0.2) is 0 Å². The summed E-state index contributed by atoms with van der Waals surface area (Å²) in [5, 5.41) is 2.88. The molecule has 3 atom stereocenters. The minimum atomic E-state index is -0.791. The molecule has 0 radical (unpaired) electrons. The van der Waals surface area contributed by atoms with E-state index in [0.717, 1.165) is 11.3 Å². The van der Waals surface area contributed by atoms with Gasteiger partial charge in [-0.2, -0.15) is 0 Å². The van der Waals surface area contributed by atoms with Gasteiger partial charge in [-0.1, -0.05) is 13.8 Å². The molecule has 2 saturated heterocycles. The molecular weight excluding hydrogens is 284 g/mol. The zero-order valence-electron chi connectivity index (χ0n) is 13.3. The van der Waals surface area contributed by atoms with Gasteiger partial charge in [-0.15, -0.1) is 0 Å². The fraction of sp³-hybridized carbons (Fsp3) is 0.812. The maximum absolute atomic E-state index is 12.8. The van der Waals surface area contributed by atoms with Crippen LogP contribution in [0.3, 0.4) is 0 Å². The molecule has 1 N–H and O–H groups in total. The van der Waals surface area contributed by atoms with E-state index in [0.29, 0.717) is 44.3 Å². The van der Waals surface area contributed by atoms with Gasteiger partial charge in [0.1, 0.15) is 5.54 Å². The smallest absolute Gasteiger partial charge is 0.325 e. The molecule has 0 aromatic heterocycles. The summed E-state index contributed by atoms with van der Waals surface area (Å²) in [6.45, 7) is 5.08. The summed E-state index contributed by atoms with van der Waals surface area (Å²) in [4.78, 5) is 38.4. The Morgan fingerprint density at radius 2 is 2.00 bits per heavy atom. The molecule has 0 aromatic carbocycles. The van der Waals surface area contributed by atoms with E-state index in [-0.39, 0.29) is 24.2 Å². The Hall–Kier alpha value is -1.43. The van der Waals surface area contributed by atoms with Crippen LogP contribution >= 0.6 is 0 Å². The fourth-order valence-electron chi connectivity index (χ4n) is 4.30. The second-order valence-corrected chi connectivity index (χ2v) is 7.28. The SMILES string of the molecule is CC1CC(C)CC2(C1)NC(=O)N(CC(=O)C1CCOC1)C2=O.